The summed E-state index contributed by atoms with van der Waals surface area (Å²) < 4.78 is 6.32. The molecule has 19 heavy (non-hydrogen) atoms. The fourth-order valence-electron chi connectivity index (χ4n) is 1.77. The molecule has 1 heterocycles. The van der Waals surface area contributed by atoms with Gasteiger partial charge in [0.15, 0.2) is 0 Å². The van der Waals surface area contributed by atoms with Crippen molar-refractivity contribution in [3.8, 4) is 0 Å². The van der Waals surface area contributed by atoms with E-state index in [0.717, 1.165) is 0 Å². The molecule has 2 rings (SSSR count). The third-order valence-electron chi connectivity index (χ3n) is 2.67. The number of hydrogen-bond donors (Lipinski definition) is 0. The van der Waals surface area contributed by atoms with E-state index in [1.54, 1.807) is 19.1 Å². The van der Waals surface area contributed by atoms with Crippen molar-refractivity contribution in [1.29, 1.82) is 0 Å². The van der Waals surface area contributed by atoms with Crippen LogP contribution in [0.25, 0.3) is 11.0 Å². The number of benzene rings is 1. The summed E-state index contributed by atoms with van der Waals surface area (Å²) >= 11 is 0. The van der Waals surface area contributed by atoms with Gasteiger partial charge in [0.25, 0.3) is 5.56 Å². The van der Waals surface area contributed by atoms with Gasteiger partial charge in [0, 0.05) is 5.57 Å². The summed E-state index contributed by atoms with van der Waals surface area (Å²) in [6, 6.07) is 7.23. The smallest absolute Gasteiger partial charge is 0.335 e. The third-order valence-corrected chi connectivity index (χ3v) is 2.67. The van der Waals surface area contributed by atoms with Crippen LogP contribution in [-0.2, 0) is 16.1 Å². The summed E-state index contributed by atoms with van der Waals surface area (Å²) in [5.74, 6) is -0.490. The summed E-state index contributed by atoms with van der Waals surface area (Å²) in [5, 5.41) is 0. The van der Waals surface area contributed by atoms with Crippen molar-refractivity contribution in [3.05, 3.63) is 53.0 Å². The van der Waals surface area contributed by atoms with Crippen molar-refractivity contribution < 1.29 is 9.53 Å². The van der Waals surface area contributed by atoms with Gasteiger partial charge in [-0.05, 0) is 19.1 Å². The molecule has 0 aliphatic carbocycles. The number of esters is 1. The number of rotatable bonds is 4. The van der Waals surface area contributed by atoms with E-state index in [4.69, 9.17) is 4.74 Å². The molecule has 1 aromatic heterocycles. The number of aromatic nitrogens is 2. The fraction of sp³-hybridized carbons (Fsp3) is 0.214. The number of nitrogens with zero attached hydrogens (tertiary/aromatic N) is 2. The van der Waals surface area contributed by atoms with E-state index >= 15 is 0 Å². The molecule has 1 aromatic carbocycles. The Morgan fingerprint density at radius 1 is 1.42 bits per heavy atom. The van der Waals surface area contributed by atoms with Crippen LogP contribution in [0.3, 0.4) is 0 Å². The fourth-order valence-corrected chi connectivity index (χ4v) is 1.77. The lowest BCUT2D eigenvalue weighted by atomic mass is 10.2. The van der Waals surface area contributed by atoms with Crippen LogP contribution in [0, 0.1) is 0 Å². The topological polar surface area (TPSA) is 61.2 Å². The Morgan fingerprint density at radius 3 is 2.89 bits per heavy atom. The predicted molar refractivity (Wildman–Crippen MR) is 71.8 cm³/mol. The summed E-state index contributed by atoms with van der Waals surface area (Å²) in [4.78, 5) is 27.4. The molecular formula is C14H14N2O3. The van der Waals surface area contributed by atoms with Crippen molar-refractivity contribution in [2.45, 2.75) is 13.5 Å². The summed E-state index contributed by atoms with van der Waals surface area (Å²) in [7, 11) is 0. The third kappa shape index (κ3) is 2.70. The molecular weight excluding hydrogens is 244 g/mol. The summed E-state index contributed by atoms with van der Waals surface area (Å²) in [6.45, 7) is 5.76. The van der Waals surface area contributed by atoms with E-state index in [2.05, 4.69) is 11.6 Å². The molecule has 0 bridgehead atoms. The van der Waals surface area contributed by atoms with Gasteiger partial charge in [0.2, 0.25) is 0 Å². The molecule has 0 aliphatic heterocycles. The Labute approximate surface area is 110 Å². The van der Waals surface area contributed by atoms with E-state index in [1.165, 1.54) is 10.8 Å². The molecule has 0 fully saturated rings. The molecule has 0 atom stereocenters. The number of carbonyl (C=O) groups excluding carboxylic acids is 1. The minimum Gasteiger partial charge on any atom is -0.463 e. The van der Waals surface area contributed by atoms with E-state index in [-0.39, 0.29) is 24.3 Å². The molecule has 0 N–H and O–H groups in total. The predicted octanol–water partition coefficient (Wildman–Crippen LogP) is 1.52. The van der Waals surface area contributed by atoms with Crippen LogP contribution in [-0.4, -0.2) is 22.1 Å². The minimum atomic E-state index is -0.490. The molecule has 0 amide bonds. The normalized spacial score (nSPS) is 10.4. The van der Waals surface area contributed by atoms with Gasteiger partial charge in [-0.2, -0.15) is 0 Å². The molecule has 0 radical (unpaired) electrons. The van der Waals surface area contributed by atoms with Crippen LogP contribution in [0.15, 0.2) is 47.4 Å². The van der Waals surface area contributed by atoms with Crippen LogP contribution in [0.4, 0.5) is 0 Å². The Morgan fingerprint density at radius 2 is 2.16 bits per heavy atom. The zero-order valence-corrected chi connectivity index (χ0v) is 10.6. The van der Waals surface area contributed by atoms with Crippen LogP contribution >= 0.6 is 0 Å². The first-order chi connectivity index (χ1) is 9.13. The zero-order chi connectivity index (χ0) is 13.8. The Balaban J connectivity index is 2.40. The van der Waals surface area contributed by atoms with Gasteiger partial charge in [0.1, 0.15) is 0 Å². The van der Waals surface area contributed by atoms with Crippen molar-refractivity contribution in [2.24, 2.45) is 0 Å². The SMILES string of the molecule is C=C(Cn1c(=O)cnc2ccccc21)C(=O)OCC. The second-order valence-electron chi connectivity index (χ2n) is 4.00. The molecule has 0 unspecified atom stereocenters. The maximum Gasteiger partial charge on any atom is 0.335 e. The molecule has 5 heteroatoms. The first-order valence-electron chi connectivity index (χ1n) is 5.93. The Bertz CT molecular complexity index is 688. The zero-order valence-electron chi connectivity index (χ0n) is 10.6. The van der Waals surface area contributed by atoms with Gasteiger partial charge >= 0.3 is 5.97 Å². The highest BCUT2D eigenvalue weighted by Crippen LogP contribution is 2.10. The highest BCUT2D eigenvalue weighted by Gasteiger charge is 2.11. The van der Waals surface area contributed by atoms with Gasteiger partial charge < -0.3 is 9.30 Å². The van der Waals surface area contributed by atoms with E-state index in [9.17, 15) is 9.59 Å². The van der Waals surface area contributed by atoms with Gasteiger partial charge in [-0.25, -0.2) is 9.78 Å². The standard InChI is InChI=1S/C14H14N2O3/c1-3-19-14(18)10(2)9-16-12-7-5-4-6-11(12)15-8-13(16)17/h4-8H,2-3,9H2,1H3. The van der Waals surface area contributed by atoms with Gasteiger partial charge in [-0.3, -0.25) is 4.79 Å². The quantitative estimate of drug-likeness (QED) is 0.616. The monoisotopic (exact) mass is 258 g/mol. The van der Waals surface area contributed by atoms with E-state index < -0.39 is 5.97 Å². The Kier molecular flexibility index (Phi) is 3.75. The van der Waals surface area contributed by atoms with Gasteiger partial charge in [-0.15, -0.1) is 0 Å². The number of para-hydroxylation sites is 2. The average molecular weight is 258 g/mol. The number of hydrogen-bond acceptors (Lipinski definition) is 4. The minimum absolute atomic E-state index is 0.0979. The van der Waals surface area contributed by atoms with E-state index in [1.807, 2.05) is 12.1 Å². The molecule has 0 saturated carbocycles. The lowest BCUT2D eigenvalue weighted by Crippen LogP contribution is -2.23. The molecule has 0 spiro atoms. The van der Waals surface area contributed by atoms with Crippen molar-refractivity contribution in [2.75, 3.05) is 6.61 Å². The van der Waals surface area contributed by atoms with Gasteiger partial charge in [-0.1, -0.05) is 18.7 Å². The van der Waals surface area contributed by atoms with Crippen molar-refractivity contribution in [3.63, 3.8) is 0 Å². The molecule has 5 nitrogen and oxygen atoms in total. The highest BCUT2D eigenvalue weighted by molar-refractivity contribution is 5.88. The summed E-state index contributed by atoms with van der Waals surface area (Å²) in [6.07, 6.45) is 1.24. The molecule has 2 aromatic rings. The average Bonchev–Trinajstić information content (AvgIpc) is 2.42. The van der Waals surface area contributed by atoms with Crippen molar-refractivity contribution >= 4 is 17.0 Å². The first kappa shape index (κ1) is 13.0. The maximum atomic E-state index is 11.9. The number of carbonyl (C=O) groups is 1. The first-order valence-corrected chi connectivity index (χ1v) is 5.93. The van der Waals surface area contributed by atoms with Crippen LogP contribution in [0.5, 0.6) is 0 Å². The summed E-state index contributed by atoms with van der Waals surface area (Å²) in [5.41, 5.74) is 1.32. The highest BCUT2D eigenvalue weighted by atomic mass is 16.5. The molecule has 98 valence electrons. The van der Waals surface area contributed by atoms with Crippen LogP contribution in [0.1, 0.15) is 6.92 Å². The lowest BCUT2D eigenvalue weighted by Gasteiger charge is -2.10. The van der Waals surface area contributed by atoms with Crippen LogP contribution in [0.2, 0.25) is 0 Å². The van der Waals surface area contributed by atoms with E-state index in [0.29, 0.717) is 11.0 Å². The number of fused-ring (bicyclic) bond motifs is 1. The Hall–Kier alpha value is -2.43. The number of ether oxygens (including phenoxy) is 1. The second kappa shape index (κ2) is 5.48. The largest absolute Gasteiger partial charge is 0.463 e. The lowest BCUT2D eigenvalue weighted by molar-refractivity contribution is -0.138. The molecule has 0 aliphatic rings. The van der Waals surface area contributed by atoms with Crippen molar-refractivity contribution in [1.82, 2.24) is 9.55 Å². The second-order valence-corrected chi connectivity index (χ2v) is 4.00. The van der Waals surface area contributed by atoms with Gasteiger partial charge in [0.05, 0.1) is 30.4 Å². The van der Waals surface area contributed by atoms with Crippen LogP contribution < -0.4 is 5.56 Å². The maximum absolute atomic E-state index is 11.9. The molecule has 0 saturated heterocycles.